The van der Waals surface area contributed by atoms with Crippen molar-refractivity contribution in [3.8, 4) is 0 Å². The van der Waals surface area contributed by atoms with Crippen LogP contribution in [0.5, 0.6) is 0 Å². The summed E-state index contributed by atoms with van der Waals surface area (Å²) in [6.45, 7) is 7.27. The number of fused-ring (bicyclic) bond motifs is 3. The van der Waals surface area contributed by atoms with E-state index in [0.29, 0.717) is 0 Å². The molecule has 2 aromatic heterocycles. The third kappa shape index (κ3) is 2.14. The average molecular weight is 269 g/mol. The summed E-state index contributed by atoms with van der Waals surface area (Å²) in [5.74, 6) is 0. The van der Waals surface area contributed by atoms with Crippen LogP contribution >= 0.6 is 0 Å². The smallest absolute Gasteiger partial charge is 0.178 e. The van der Waals surface area contributed by atoms with Crippen molar-refractivity contribution in [3.63, 3.8) is 0 Å². The maximum absolute atomic E-state index is 4.69. The van der Waals surface area contributed by atoms with Gasteiger partial charge in [-0.1, -0.05) is 26.8 Å². The van der Waals surface area contributed by atoms with E-state index < -0.39 is 0 Å². The van der Waals surface area contributed by atoms with E-state index in [0.717, 1.165) is 28.9 Å². The van der Waals surface area contributed by atoms with Gasteiger partial charge in [-0.05, 0) is 24.7 Å². The first-order chi connectivity index (χ1) is 9.49. The fourth-order valence-corrected chi connectivity index (χ4v) is 2.23. The van der Waals surface area contributed by atoms with E-state index in [2.05, 4.69) is 59.6 Å². The minimum atomic E-state index is 0.00605. The Morgan fingerprint density at radius 3 is 2.65 bits per heavy atom. The summed E-state index contributed by atoms with van der Waals surface area (Å²) >= 11 is 0. The second-order valence-electron chi connectivity index (χ2n) is 6.10. The van der Waals surface area contributed by atoms with Crippen LogP contribution in [0.15, 0.2) is 24.3 Å². The predicted molar refractivity (Wildman–Crippen MR) is 79.8 cm³/mol. The molecule has 0 atom stereocenters. The molecule has 0 spiro atoms. The van der Waals surface area contributed by atoms with E-state index in [9.17, 15) is 0 Å². The molecule has 1 N–H and O–H groups in total. The number of nitrogens with zero attached hydrogens (tertiary/aromatic N) is 4. The van der Waals surface area contributed by atoms with Crippen molar-refractivity contribution < 1.29 is 0 Å². The van der Waals surface area contributed by atoms with Crippen LogP contribution in [0.1, 0.15) is 32.0 Å². The summed E-state index contributed by atoms with van der Waals surface area (Å²) < 4.78 is 1.88. The Labute approximate surface area is 118 Å². The Bertz CT molecular complexity index is 767. The summed E-state index contributed by atoms with van der Waals surface area (Å²) in [6.07, 6.45) is 0. The van der Waals surface area contributed by atoms with Gasteiger partial charge in [-0.2, -0.15) is 5.10 Å². The fourth-order valence-electron chi connectivity index (χ4n) is 2.23. The standard InChI is InChI=1S/C15H19N5/c1-15(2,3)13-8-14-18-17-11-7-10(9-16-4)5-6-12(11)20(14)19-13/h5-8,16H,9H2,1-4H3. The molecule has 3 aromatic rings. The molecule has 104 valence electrons. The highest BCUT2D eigenvalue weighted by Gasteiger charge is 2.19. The second kappa shape index (κ2) is 4.52. The molecule has 0 saturated heterocycles. The highest BCUT2D eigenvalue weighted by molar-refractivity contribution is 5.77. The summed E-state index contributed by atoms with van der Waals surface area (Å²) in [5.41, 5.74) is 4.88. The van der Waals surface area contributed by atoms with Crippen molar-refractivity contribution in [2.75, 3.05) is 7.05 Å². The Hall–Kier alpha value is -2.01. The van der Waals surface area contributed by atoms with Crippen molar-refractivity contribution in [1.29, 1.82) is 0 Å². The number of nitrogens with one attached hydrogen (secondary N) is 1. The van der Waals surface area contributed by atoms with Crippen LogP contribution < -0.4 is 5.32 Å². The normalized spacial score (nSPS) is 12.4. The summed E-state index contributed by atoms with van der Waals surface area (Å²) in [6, 6.07) is 8.21. The number of aromatic nitrogens is 4. The largest absolute Gasteiger partial charge is 0.316 e. The molecule has 5 heteroatoms. The van der Waals surface area contributed by atoms with E-state index in [4.69, 9.17) is 0 Å². The number of hydrogen-bond acceptors (Lipinski definition) is 4. The minimum absolute atomic E-state index is 0.00605. The molecule has 2 heterocycles. The van der Waals surface area contributed by atoms with Gasteiger partial charge in [-0.15, -0.1) is 10.2 Å². The average Bonchev–Trinajstić information content (AvgIpc) is 2.83. The zero-order valence-corrected chi connectivity index (χ0v) is 12.3. The van der Waals surface area contributed by atoms with Gasteiger partial charge in [0.25, 0.3) is 0 Å². The Morgan fingerprint density at radius 2 is 1.95 bits per heavy atom. The lowest BCUT2D eigenvalue weighted by Crippen LogP contribution is -2.11. The zero-order chi connectivity index (χ0) is 14.3. The van der Waals surface area contributed by atoms with E-state index in [1.807, 2.05) is 17.6 Å². The molecule has 1 aromatic carbocycles. The van der Waals surface area contributed by atoms with Crippen molar-refractivity contribution in [3.05, 3.63) is 35.5 Å². The van der Waals surface area contributed by atoms with Crippen molar-refractivity contribution >= 4 is 16.7 Å². The highest BCUT2D eigenvalue weighted by Crippen LogP contribution is 2.23. The van der Waals surface area contributed by atoms with Gasteiger partial charge in [0.15, 0.2) is 5.65 Å². The lowest BCUT2D eigenvalue weighted by molar-refractivity contribution is 0.564. The van der Waals surface area contributed by atoms with Crippen molar-refractivity contribution in [2.45, 2.75) is 32.7 Å². The summed E-state index contributed by atoms with van der Waals surface area (Å²) in [4.78, 5) is 0. The van der Waals surface area contributed by atoms with Gasteiger partial charge in [0.1, 0.15) is 5.52 Å². The SMILES string of the molecule is CNCc1ccc2c(c1)nnc1cc(C(C)(C)C)nn12. The Kier molecular flexibility index (Phi) is 2.94. The van der Waals surface area contributed by atoms with Crippen LogP contribution in [0.4, 0.5) is 0 Å². The molecular weight excluding hydrogens is 250 g/mol. The van der Waals surface area contributed by atoms with Crippen LogP contribution in [0.3, 0.4) is 0 Å². The summed E-state index contributed by atoms with van der Waals surface area (Å²) in [5, 5.41) is 16.4. The van der Waals surface area contributed by atoms with Crippen LogP contribution in [-0.2, 0) is 12.0 Å². The molecule has 3 rings (SSSR count). The molecule has 0 amide bonds. The van der Waals surface area contributed by atoms with Crippen molar-refractivity contribution in [1.82, 2.24) is 25.1 Å². The molecule has 0 bridgehead atoms. The number of hydrogen-bond donors (Lipinski definition) is 1. The van der Waals surface area contributed by atoms with Crippen LogP contribution in [0.25, 0.3) is 16.7 Å². The van der Waals surface area contributed by atoms with E-state index in [-0.39, 0.29) is 5.41 Å². The molecule has 20 heavy (non-hydrogen) atoms. The first kappa shape index (κ1) is 13.0. The third-order valence-electron chi connectivity index (χ3n) is 3.37. The van der Waals surface area contributed by atoms with Gasteiger partial charge in [0.2, 0.25) is 0 Å². The van der Waals surface area contributed by atoms with Crippen LogP contribution in [0.2, 0.25) is 0 Å². The number of benzene rings is 1. The lowest BCUT2D eigenvalue weighted by Gasteiger charge is -2.13. The van der Waals surface area contributed by atoms with E-state index >= 15 is 0 Å². The number of rotatable bonds is 2. The molecule has 0 aliphatic heterocycles. The van der Waals surface area contributed by atoms with E-state index in [1.165, 1.54) is 5.56 Å². The molecule has 0 saturated carbocycles. The van der Waals surface area contributed by atoms with Gasteiger partial charge in [-0.3, -0.25) is 0 Å². The predicted octanol–water partition coefficient (Wildman–Crippen LogP) is 2.29. The molecule has 0 aliphatic carbocycles. The molecule has 0 unspecified atom stereocenters. The Balaban J connectivity index is 2.22. The van der Waals surface area contributed by atoms with Crippen LogP contribution in [-0.4, -0.2) is 26.9 Å². The quantitative estimate of drug-likeness (QED) is 0.775. The monoisotopic (exact) mass is 269 g/mol. The minimum Gasteiger partial charge on any atom is -0.316 e. The zero-order valence-electron chi connectivity index (χ0n) is 12.3. The molecule has 0 fully saturated rings. The first-order valence-corrected chi connectivity index (χ1v) is 6.79. The van der Waals surface area contributed by atoms with Gasteiger partial charge in [-0.25, -0.2) is 4.52 Å². The van der Waals surface area contributed by atoms with Gasteiger partial charge in [0.05, 0.1) is 11.2 Å². The maximum atomic E-state index is 4.69. The maximum Gasteiger partial charge on any atom is 0.178 e. The first-order valence-electron chi connectivity index (χ1n) is 6.79. The van der Waals surface area contributed by atoms with Crippen molar-refractivity contribution in [2.24, 2.45) is 0 Å². The molecule has 0 aliphatic rings. The second-order valence-corrected chi connectivity index (χ2v) is 6.10. The van der Waals surface area contributed by atoms with E-state index in [1.54, 1.807) is 0 Å². The van der Waals surface area contributed by atoms with Gasteiger partial charge >= 0.3 is 0 Å². The van der Waals surface area contributed by atoms with Gasteiger partial charge in [0, 0.05) is 18.0 Å². The molecule has 0 radical (unpaired) electrons. The molecule has 5 nitrogen and oxygen atoms in total. The lowest BCUT2D eigenvalue weighted by atomic mass is 9.93. The Morgan fingerprint density at radius 1 is 1.15 bits per heavy atom. The summed E-state index contributed by atoms with van der Waals surface area (Å²) in [7, 11) is 1.93. The highest BCUT2D eigenvalue weighted by atomic mass is 15.3. The fraction of sp³-hybridized carbons (Fsp3) is 0.400. The third-order valence-corrected chi connectivity index (χ3v) is 3.37. The molecular formula is C15H19N5. The van der Waals surface area contributed by atoms with Crippen LogP contribution in [0, 0.1) is 0 Å². The topological polar surface area (TPSA) is 55.1 Å². The van der Waals surface area contributed by atoms with Gasteiger partial charge < -0.3 is 5.32 Å².